The molecule has 9 heteroatoms. The van der Waals surface area contributed by atoms with Crippen LogP contribution in [0.3, 0.4) is 0 Å². The van der Waals surface area contributed by atoms with Crippen molar-refractivity contribution >= 4 is 23.9 Å². The number of rotatable bonds is 12. The van der Waals surface area contributed by atoms with Gasteiger partial charge in [-0.05, 0) is 66.0 Å². The molecule has 41 heavy (non-hydrogen) atoms. The number of hydrogen-bond donors (Lipinski definition) is 3. The minimum absolute atomic E-state index is 0.0831. The second-order valence-corrected chi connectivity index (χ2v) is 12.2. The summed E-state index contributed by atoms with van der Waals surface area (Å²) in [4.78, 5) is 52.6. The van der Waals surface area contributed by atoms with Gasteiger partial charge < -0.3 is 25.4 Å². The normalized spacial score (nSPS) is 13.4. The third kappa shape index (κ3) is 10.6. The number of carbonyl (C=O) groups is 4. The Kier molecular flexibility index (Phi) is 11.5. The quantitative estimate of drug-likeness (QED) is 0.303. The van der Waals surface area contributed by atoms with Crippen molar-refractivity contribution in [2.45, 2.75) is 97.6 Å². The Bertz CT molecular complexity index is 1170. The molecule has 0 heterocycles. The van der Waals surface area contributed by atoms with Gasteiger partial charge in [-0.2, -0.15) is 0 Å². The highest BCUT2D eigenvalue weighted by Crippen LogP contribution is 2.28. The molecule has 0 bridgehead atoms. The smallest absolute Gasteiger partial charge is 0.408 e. The molecule has 0 aromatic heterocycles. The molecule has 0 fully saturated rings. The van der Waals surface area contributed by atoms with Crippen LogP contribution < -0.4 is 16.0 Å². The average Bonchev–Trinajstić information content (AvgIpc) is 2.88. The summed E-state index contributed by atoms with van der Waals surface area (Å²) in [6, 6.07) is 17.7. The molecule has 2 aromatic rings. The highest BCUT2D eigenvalue weighted by atomic mass is 16.6. The molecule has 0 spiro atoms. The maximum atomic E-state index is 13.7. The molecule has 3 N–H and O–H groups in total. The maximum absolute atomic E-state index is 13.7. The highest BCUT2D eigenvalue weighted by Gasteiger charge is 2.39. The maximum Gasteiger partial charge on any atom is 0.408 e. The van der Waals surface area contributed by atoms with E-state index in [1.807, 2.05) is 67.6 Å². The Labute approximate surface area is 243 Å². The minimum Gasteiger partial charge on any atom is -0.459 e. The molecule has 0 aliphatic carbocycles. The molecule has 224 valence electrons. The van der Waals surface area contributed by atoms with E-state index in [0.29, 0.717) is 18.4 Å². The van der Waals surface area contributed by atoms with Gasteiger partial charge in [0, 0.05) is 0 Å². The van der Waals surface area contributed by atoms with Crippen LogP contribution in [0, 0.1) is 5.92 Å². The topological polar surface area (TPSA) is 123 Å². The lowest BCUT2D eigenvalue weighted by molar-refractivity contribution is -0.154. The first kappa shape index (κ1) is 33.3. The number of ether oxygens (including phenoxy) is 2. The van der Waals surface area contributed by atoms with Crippen LogP contribution in [0.2, 0.25) is 0 Å². The lowest BCUT2D eigenvalue weighted by Gasteiger charge is -2.34. The Morgan fingerprint density at radius 1 is 0.780 bits per heavy atom. The summed E-state index contributed by atoms with van der Waals surface area (Å²) < 4.78 is 10.8. The number of amides is 3. The van der Waals surface area contributed by atoms with E-state index in [2.05, 4.69) is 16.0 Å². The molecule has 0 unspecified atom stereocenters. The average molecular weight is 568 g/mol. The van der Waals surface area contributed by atoms with Crippen LogP contribution in [-0.4, -0.2) is 40.6 Å². The largest absolute Gasteiger partial charge is 0.459 e. The van der Waals surface area contributed by atoms with Crippen molar-refractivity contribution in [2.24, 2.45) is 5.92 Å². The standard InChI is InChI=1S/C32H45N3O6/c1-9-16-24(26(36)34-32(7,8)28(38)40-21-22-17-12-10-13-18-22)25(23-19-14-11-15-20-23)33-27(37)31(5,6)35-29(39)41-30(2,3)4/h10-15,17-20,24-25H,9,16,21H2,1-8H3,(H,33,37)(H,34,36)(H,35,39)/t24-,25+/m1/s1. The van der Waals surface area contributed by atoms with Crippen molar-refractivity contribution in [2.75, 3.05) is 0 Å². The van der Waals surface area contributed by atoms with Gasteiger partial charge in [-0.1, -0.05) is 74.0 Å². The molecule has 2 atom stereocenters. The van der Waals surface area contributed by atoms with Crippen molar-refractivity contribution in [1.29, 1.82) is 0 Å². The Balaban J connectivity index is 2.26. The third-order valence-corrected chi connectivity index (χ3v) is 6.32. The van der Waals surface area contributed by atoms with Crippen LogP contribution in [0.5, 0.6) is 0 Å². The van der Waals surface area contributed by atoms with Crippen molar-refractivity contribution < 1.29 is 28.7 Å². The molecule has 0 aliphatic heterocycles. The molecule has 2 aromatic carbocycles. The highest BCUT2D eigenvalue weighted by molar-refractivity contribution is 5.91. The number of hydrogen-bond acceptors (Lipinski definition) is 6. The van der Waals surface area contributed by atoms with Crippen LogP contribution in [0.4, 0.5) is 4.79 Å². The van der Waals surface area contributed by atoms with Gasteiger partial charge in [0.1, 0.15) is 23.3 Å². The van der Waals surface area contributed by atoms with Gasteiger partial charge in [-0.3, -0.25) is 9.59 Å². The molecule has 0 radical (unpaired) electrons. The van der Waals surface area contributed by atoms with Gasteiger partial charge in [-0.15, -0.1) is 0 Å². The summed E-state index contributed by atoms with van der Waals surface area (Å²) in [5.41, 5.74) is -1.85. The van der Waals surface area contributed by atoms with Crippen molar-refractivity contribution in [1.82, 2.24) is 16.0 Å². The zero-order valence-corrected chi connectivity index (χ0v) is 25.5. The summed E-state index contributed by atoms with van der Waals surface area (Å²) >= 11 is 0. The van der Waals surface area contributed by atoms with E-state index in [9.17, 15) is 19.2 Å². The van der Waals surface area contributed by atoms with E-state index in [0.717, 1.165) is 5.56 Å². The monoisotopic (exact) mass is 567 g/mol. The predicted molar refractivity (Wildman–Crippen MR) is 158 cm³/mol. The van der Waals surface area contributed by atoms with Crippen LogP contribution in [0.1, 0.15) is 85.4 Å². The van der Waals surface area contributed by atoms with E-state index in [4.69, 9.17) is 9.47 Å². The van der Waals surface area contributed by atoms with Crippen LogP contribution >= 0.6 is 0 Å². The summed E-state index contributed by atoms with van der Waals surface area (Å²) in [7, 11) is 0. The summed E-state index contributed by atoms with van der Waals surface area (Å²) in [6.45, 7) is 13.5. The van der Waals surface area contributed by atoms with E-state index >= 15 is 0 Å². The number of alkyl carbamates (subject to hydrolysis) is 1. The SMILES string of the molecule is CCC[C@@H](C(=O)NC(C)(C)C(=O)OCc1ccccc1)[C@@H](NC(=O)C(C)(C)NC(=O)OC(C)(C)C)c1ccccc1. The second kappa shape index (κ2) is 14.1. The molecular weight excluding hydrogens is 522 g/mol. The van der Waals surface area contributed by atoms with E-state index < -0.39 is 52.5 Å². The van der Waals surface area contributed by atoms with Gasteiger partial charge in [0.05, 0.1) is 12.0 Å². The van der Waals surface area contributed by atoms with Gasteiger partial charge in [0.25, 0.3) is 0 Å². The summed E-state index contributed by atoms with van der Waals surface area (Å²) in [5, 5.41) is 8.44. The van der Waals surface area contributed by atoms with Crippen molar-refractivity contribution in [3.8, 4) is 0 Å². The van der Waals surface area contributed by atoms with Crippen LogP contribution in [0.15, 0.2) is 60.7 Å². The van der Waals surface area contributed by atoms with Crippen LogP contribution in [0.25, 0.3) is 0 Å². The predicted octanol–water partition coefficient (Wildman–Crippen LogP) is 5.20. The van der Waals surface area contributed by atoms with Gasteiger partial charge >= 0.3 is 12.1 Å². The number of carbonyl (C=O) groups excluding carboxylic acids is 4. The van der Waals surface area contributed by atoms with E-state index in [1.165, 1.54) is 0 Å². The fourth-order valence-electron chi connectivity index (χ4n) is 4.13. The number of benzene rings is 2. The molecule has 0 saturated heterocycles. The summed E-state index contributed by atoms with van der Waals surface area (Å²) in [5.74, 6) is -2.19. The Morgan fingerprint density at radius 3 is 1.88 bits per heavy atom. The van der Waals surface area contributed by atoms with E-state index in [-0.39, 0.29) is 6.61 Å². The first-order chi connectivity index (χ1) is 19.1. The number of esters is 1. The lowest BCUT2D eigenvalue weighted by atomic mass is 9.87. The molecule has 9 nitrogen and oxygen atoms in total. The fraction of sp³-hybridized carbons (Fsp3) is 0.500. The zero-order valence-electron chi connectivity index (χ0n) is 25.5. The van der Waals surface area contributed by atoms with Gasteiger partial charge in [0.2, 0.25) is 11.8 Å². The van der Waals surface area contributed by atoms with Crippen molar-refractivity contribution in [3.63, 3.8) is 0 Å². The first-order valence-corrected chi connectivity index (χ1v) is 14.0. The molecular formula is C32H45N3O6. The first-order valence-electron chi connectivity index (χ1n) is 14.0. The molecule has 2 rings (SSSR count). The Hall–Kier alpha value is -3.88. The minimum atomic E-state index is -1.34. The van der Waals surface area contributed by atoms with Gasteiger partial charge in [0.15, 0.2) is 0 Å². The molecule has 0 aliphatic rings. The third-order valence-electron chi connectivity index (χ3n) is 6.32. The fourth-order valence-corrected chi connectivity index (χ4v) is 4.13. The Morgan fingerprint density at radius 2 is 1.34 bits per heavy atom. The molecule has 0 saturated carbocycles. The summed E-state index contributed by atoms with van der Waals surface area (Å²) in [6.07, 6.45) is 0.351. The molecule has 3 amide bonds. The van der Waals surface area contributed by atoms with Crippen molar-refractivity contribution in [3.05, 3.63) is 71.8 Å². The van der Waals surface area contributed by atoms with Crippen LogP contribution in [-0.2, 0) is 30.5 Å². The zero-order chi connectivity index (χ0) is 30.8. The number of nitrogens with one attached hydrogen (secondary N) is 3. The van der Waals surface area contributed by atoms with E-state index in [1.54, 1.807) is 48.5 Å². The lowest BCUT2D eigenvalue weighted by Crippen LogP contribution is -2.58. The van der Waals surface area contributed by atoms with Gasteiger partial charge in [-0.25, -0.2) is 9.59 Å². The second-order valence-electron chi connectivity index (χ2n) is 12.2.